The van der Waals surface area contributed by atoms with Crippen LogP contribution in [0, 0.1) is 0 Å². The molecule has 1 heterocycles. The number of nitrogens with zero attached hydrogens (tertiary/aromatic N) is 2. The topological polar surface area (TPSA) is 62.3 Å². The van der Waals surface area contributed by atoms with E-state index < -0.39 is 0 Å². The van der Waals surface area contributed by atoms with Crippen molar-refractivity contribution in [2.45, 2.75) is 19.9 Å². The van der Waals surface area contributed by atoms with Gasteiger partial charge in [-0.3, -0.25) is 9.59 Å². The lowest BCUT2D eigenvalue weighted by molar-refractivity contribution is -0.129. The zero-order chi connectivity index (χ0) is 19.4. The van der Waals surface area contributed by atoms with Crippen molar-refractivity contribution >= 4 is 39.4 Å². The predicted octanol–water partition coefficient (Wildman–Crippen LogP) is 3.99. The number of hydrogen-bond acceptors (Lipinski definition) is 4. The Morgan fingerprint density at radius 2 is 1.78 bits per heavy atom. The summed E-state index contributed by atoms with van der Waals surface area (Å²) in [6.45, 7) is 3.33. The molecule has 0 spiro atoms. The molecule has 0 radical (unpaired) electrons. The number of nitrogens with one attached hydrogen (secondary N) is 1. The molecule has 3 rings (SSSR count). The number of fused-ring (bicyclic) bond motifs is 1. The lowest BCUT2D eigenvalue weighted by Gasteiger charge is -2.24. The molecule has 1 N–H and O–H groups in total. The monoisotopic (exact) mass is 379 g/mol. The minimum atomic E-state index is -0.286. The van der Waals surface area contributed by atoms with Gasteiger partial charge in [0.2, 0.25) is 5.91 Å². The Morgan fingerprint density at radius 3 is 2.44 bits per heavy atom. The first kappa shape index (κ1) is 18.8. The fraction of sp³-hybridized carbons (Fsp3) is 0.190. The molecule has 2 amide bonds. The number of thiazole rings is 1. The summed E-state index contributed by atoms with van der Waals surface area (Å²) in [5, 5.41) is 3.51. The molecule has 5 nitrogen and oxygen atoms in total. The minimum absolute atomic E-state index is 0.220. The number of para-hydroxylation sites is 1. The minimum Gasteiger partial charge on any atom is -0.331 e. The number of aromatic nitrogens is 1. The van der Waals surface area contributed by atoms with Crippen LogP contribution in [-0.4, -0.2) is 28.7 Å². The highest BCUT2D eigenvalue weighted by Gasteiger charge is 2.24. The zero-order valence-electron chi connectivity index (χ0n) is 15.5. The Bertz CT molecular complexity index is 962. The molecule has 0 bridgehead atoms. The van der Waals surface area contributed by atoms with Gasteiger partial charge in [-0.1, -0.05) is 42.5 Å². The number of amides is 2. The molecule has 6 heteroatoms. The first-order valence-corrected chi connectivity index (χ1v) is 9.44. The molecule has 0 fully saturated rings. The Hall–Kier alpha value is -2.99. The molecular weight excluding hydrogens is 358 g/mol. The van der Waals surface area contributed by atoms with E-state index in [1.807, 2.05) is 61.5 Å². The van der Waals surface area contributed by atoms with Crippen molar-refractivity contribution in [1.29, 1.82) is 0 Å². The smallest absolute Gasteiger partial charge is 0.270 e. The van der Waals surface area contributed by atoms with Gasteiger partial charge in [-0.05, 0) is 30.7 Å². The highest BCUT2D eigenvalue weighted by atomic mass is 32.1. The summed E-state index contributed by atoms with van der Waals surface area (Å²) in [5.74, 6) is -0.549. The van der Waals surface area contributed by atoms with E-state index in [-0.39, 0.29) is 23.6 Å². The largest absolute Gasteiger partial charge is 0.331 e. The molecule has 1 atom stereocenters. The highest BCUT2D eigenvalue weighted by Crippen LogP contribution is 2.29. The lowest BCUT2D eigenvalue weighted by atomic mass is 10.1. The van der Waals surface area contributed by atoms with E-state index in [0.717, 1.165) is 20.8 Å². The van der Waals surface area contributed by atoms with Crippen LogP contribution in [0.25, 0.3) is 16.3 Å². The van der Waals surface area contributed by atoms with E-state index in [1.165, 1.54) is 6.92 Å². The van der Waals surface area contributed by atoms with Crippen molar-refractivity contribution < 1.29 is 9.59 Å². The molecule has 0 saturated carbocycles. The lowest BCUT2D eigenvalue weighted by Crippen LogP contribution is -2.36. The molecule has 0 saturated heterocycles. The SMILES string of the molecule is CC(=O)N/C(=C\c1ccccc1)C(=O)N(C)[C@@H](C)c1nc2ccccc2s1. The van der Waals surface area contributed by atoms with E-state index in [9.17, 15) is 9.59 Å². The second kappa shape index (κ2) is 8.14. The second-order valence-corrected chi connectivity index (χ2v) is 7.32. The van der Waals surface area contributed by atoms with Gasteiger partial charge in [-0.15, -0.1) is 11.3 Å². The highest BCUT2D eigenvalue weighted by molar-refractivity contribution is 7.18. The van der Waals surface area contributed by atoms with Crippen LogP contribution in [0.15, 0.2) is 60.3 Å². The third kappa shape index (κ3) is 4.41. The van der Waals surface area contributed by atoms with E-state index in [0.29, 0.717) is 0 Å². The number of carbonyl (C=O) groups excluding carboxylic acids is 2. The van der Waals surface area contributed by atoms with Crippen molar-refractivity contribution in [3.8, 4) is 0 Å². The summed E-state index contributed by atoms with van der Waals surface area (Å²) in [6, 6.07) is 17.1. The van der Waals surface area contributed by atoms with Gasteiger partial charge < -0.3 is 10.2 Å². The van der Waals surface area contributed by atoms with Gasteiger partial charge in [0.1, 0.15) is 10.7 Å². The number of hydrogen-bond donors (Lipinski definition) is 1. The van der Waals surface area contributed by atoms with Gasteiger partial charge in [0.15, 0.2) is 0 Å². The maximum Gasteiger partial charge on any atom is 0.270 e. The van der Waals surface area contributed by atoms with Crippen molar-refractivity contribution in [2.75, 3.05) is 7.05 Å². The van der Waals surface area contributed by atoms with E-state index in [4.69, 9.17) is 0 Å². The molecule has 0 aliphatic carbocycles. The van der Waals surface area contributed by atoms with Crippen molar-refractivity contribution in [1.82, 2.24) is 15.2 Å². The fourth-order valence-electron chi connectivity index (χ4n) is 2.66. The maximum absolute atomic E-state index is 13.0. The van der Waals surface area contributed by atoms with E-state index in [1.54, 1.807) is 29.4 Å². The fourth-order valence-corrected chi connectivity index (χ4v) is 3.72. The third-order valence-electron chi connectivity index (χ3n) is 4.22. The molecule has 1 aromatic heterocycles. The van der Waals surface area contributed by atoms with Crippen molar-refractivity contribution in [2.24, 2.45) is 0 Å². The number of carbonyl (C=O) groups is 2. The molecule has 3 aromatic rings. The Labute approximate surface area is 162 Å². The average Bonchev–Trinajstić information content (AvgIpc) is 3.10. The first-order valence-electron chi connectivity index (χ1n) is 8.62. The Kier molecular flexibility index (Phi) is 5.66. The van der Waals surface area contributed by atoms with Crippen LogP contribution in [0.3, 0.4) is 0 Å². The standard InChI is InChI=1S/C21H21N3O2S/c1-14(20-23-17-11-7-8-12-19(17)27-20)24(3)21(26)18(22-15(2)25)13-16-9-5-4-6-10-16/h4-14H,1-3H3,(H,22,25)/b18-13-/t14-/m0/s1. The molecule has 2 aromatic carbocycles. The number of benzene rings is 2. The third-order valence-corrected chi connectivity index (χ3v) is 5.43. The van der Waals surface area contributed by atoms with Crippen molar-refractivity contribution in [3.63, 3.8) is 0 Å². The average molecular weight is 379 g/mol. The number of rotatable bonds is 5. The maximum atomic E-state index is 13.0. The molecule has 27 heavy (non-hydrogen) atoms. The summed E-state index contributed by atoms with van der Waals surface area (Å²) < 4.78 is 1.09. The molecule has 0 unspecified atom stereocenters. The molecule has 0 aliphatic rings. The van der Waals surface area contributed by atoms with Crippen LogP contribution in [0.4, 0.5) is 0 Å². The molecule has 138 valence electrons. The predicted molar refractivity (Wildman–Crippen MR) is 109 cm³/mol. The van der Waals surface area contributed by atoms with Gasteiger partial charge >= 0.3 is 0 Å². The van der Waals surface area contributed by atoms with Crippen LogP contribution in [0.2, 0.25) is 0 Å². The second-order valence-electron chi connectivity index (χ2n) is 6.26. The van der Waals surface area contributed by atoms with Gasteiger partial charge in [-0.2, -0.15) is 0 Å². The summed E-state index contributed by atoms with van der Waals surface area (Å²) in [7, 11) is 1.72. The van der Waals surface area contributed by atoms with E-state index in [2.05, 4.69) is 10.3 Å². The summed E-state index contributed by atoms with van der Waals surface area (Å²) in [4.78, 5) is 30.9. The zero-order valence-corrected chi connectivity index (χ0v) is 16.3. The molecule has 0 aliphatic heterocycles. The van der Waals surface area contributed by atoms with Crippen LogP contribution in [0.1, 0.15) is 30.5 Å². The summed E-state index contributed by atoms with van der Waals surface area (Å²) in [5.41, 5.74) is 2.01. The van der Waals surface area contributed by atoms with Crippen LogP contribution >= 0.6 is 11.3 Å². The normalized spacial score (nSPS) is 12.6. The van der Waals surface area contributed by atoms with Crippen LogP contribution in [-0.2, 0) is 9.59 Å². The van der Waals surface area contributed by atoms with Gasteiger partial charge in [0.25, 0.3) is 5.91 Å². The van der Waals surface area contributed by atoms with Gasteiger partial charge in [-0.25, -0.2) is 4.98 Å². The number of likely N-dealkylation sites (N-methyl/N-ethyl adjacent to an activating group) is 1. The van der Waals surface area contributed by atoms with Crippen LogP contribution < -0.4 is 5.32 Å². The first-order chi connectivity index (χ1) is 13.0. The quantitative estimate of drug-likeness (QED) is 0.682. The Morgan fingerprint density at radius 1 is 1.11 bits per heavy atom. The van der Waals surface area contributed by atoms with Gasteiger partial charge in [0.05, 0.1) is 16.3 Å². The Balaban J connectivity index is 1.87. The van der Waals surface area contributed by atoms with Crippen LogP contribution in [0.5, 0.6) is 0 Å². The van der Waals surface area contributed by atoms with Crippen molar-refractivity contribution in [3.05, 3.63) is 70.9 Å². The van der Waals surface area contributed by atoms with Gasteiger partial charge in [0, 0.05) is 14.0 Å². The summed E-state index contributed by atoms with van der Waals surface area (Å²) in [6.07, 6.45) is 1.69. The van der Waals surface area contributed by atoms with E-state index >= 15 is 0 Å². The summed E-state index contributed by atoms with van der Waals surface area (Å²) >= 11 is 1.57. The molecular formula is C21H21N3O2S.